The molecule has 3 rings (SSSR count). The van der Waals surface area contributed by atoms with Crippen molar-refractivity contribution in [3.05, 3.63) is 58.4 Å². The largest absolute Gasteiger partial charge is 0.493 e. The number of ether oxygens (including phenoxy) is 3. The van der Waals surface area contributed by atoms with Gasteiger partial charge in [-0.3, -0.25) is 4.90 Å². The van der Waals surface area contributed by atoms with Crippen LogP contribution in [0, 0.1) is 5.82 Å². The molecule has 1 aliphatic heterocycles. The molecule has 1 aliphatic rings. The van der Waals surface area contributed by atoms with Gasteiger partial charge in [0.05, 0.1) is 25.3 Å². The van der Waals surface area contributed by atoms with Crippen LogP contribution in [0.5, 0.6) is 11.5 Å². The summed E-state index contributed by atoms with van der Waals surface area (Å²) < 4.78 is 30.3. The molecule has 0 unspecified atom stereocenters. The van der Waals surface area contributed by atoms with Crippen molar-refractivity contribution < 1.29 is 18.6 Å². The van der Waals surface area contributed by atoms with E-state index in [9.17, 15) is 4.39 Å². The maximum Gasteiger partial charge on any atom is 0.180 e. The number of rotatable bonds is 9. The number of benzene rings is 2. The van der Waals surface area contributed by atoms with Gasteiger partial charge in [-0.2, -0.15) is 0 Å². The third kappa shape index (κ3) is 5.82. The van der Waals surface area contributed by atoms with Gasteiger partial charge >= 0.3 is 0 Å². The summed E-state index contributed by atoms with van der Waals surface area (Å²) in [5.41, 5.74) is 1.47. The van der Waals surface area contributed by atoms with Crippen molar-refractivity contribution in [2.24, 2.45) is 0 Å². The van der Waals surface area contributed by atoms with Crippen LogP contribution >= 0.6 is 11.6 Å². The van der Waals surface area contributed by atoms with Gasteiger partial charge in [0.15, 0.2) is 11.5 Å². The predicted molar refractivity (Wildman–Crippen MR) is 108 cm³/mol. The van der Waals surface area contributed by atoms with Crippen LogP contribution in [0.15, 0.2) is 36.4 Å². The molecule has 0 spiro atoms. The van der Waals surface area contributed by atoms with Gasteiger partial charge in [0.25, 0.3) is 0 Å². The molecule has 0 aliphatic carbocycles. The van der Waals surface area contributed by atoms with Crippen molar-refractivity contribution in [2.45, 2.75) is 13.2 Å². The Labute approximate surface area is 170 Å². The Bertz CT molecular complexity index is 769. The van der Waals surface area contributed by atoms with Crippen molar-refractivity contribution in [1.29, 1.82) is 0 Å². The van der Waals surface area contributed by atoms with Gasteiger partial charge in [0.1, 0.15) is 12.4 Å². The molecule has 7 heteroatoms. The highest BCUT2D eigenvalue weighted by molar-refractivity contribution is 6.32. The molecule has 2 aromatic carbocycles. The molecule has 0 saturated carbocycles. The Balaban J connectivity index is 1.55. The van der Waals surface area contributed by atoms with Crippen molar-refractivity contribution in [3.8, 4) is 11.5 Å². The summed E-state index contributed by atoms with van der Waals surface area (Å²) in [6, 6.07) is 10.2. The third-order valence-corrected chi connectivity index (χ3v) is 4.94. The Morgan fingerprint density at radius 2 is 2.00 bits per heavy atom. The zero-order chi connectivity index (χ0) is 19.8. The highest BCUT2D eigenvalue weighted by Crippen LogP contribution is 2.37. The normalized spacial score (nSPS) is 14.8. The maximum absolute atomic E-state index is 13.8. The van der Waals surface area contributed by atoms with Crippen LogP contribution in [0.2, 0.25) is 5.02 Å². The van der Waals surface area contributed by atoms with Crippen molar-refractivity contribution in [3.63, 3.8) is 0 Å². The van der Waals surface area contributed by atoms with Gasteiger partial charge in [0.2, 0.25) is 0 Å². The Morgan fingerprint density at radius 1 is 1.21 bits per heavy atom. The zero-order valence-electron chi connectivity index (χ0n) is 16.0. The molecule has 2 aromatic rings. The van der Waals surface area contributed by atoms with Gasteiger partial charge in [0, 0.05) is 38.3 Å². The highest BCUT2D eigenvalue weighted by atomic mass is 35.5. The van der Waals surface area contributed by atoms with Gasteiger partial charge in [-0.25, -0.2) is 4.39 Å². The molecule has 0 amide bonds. The van der Waals surface area contributed by atoms with E-state index in [4.69, 9.17) is 25.8 Å². The van der Waals surface area contributed by atoms with Crippen LogP contribution in [0.4, 0.5) is 4.39 Å². The summed E-state index contributed by atoms with van der Waals surface area (Å²) in [4.78, 5) is 2.38. The van der Waals surface area contributed by atoms with Crippen LogP contribution in [0.3, 0.4) is 0 Å². The molecule has 5 nitrogen and oxygen atoms in total. The van der Waals surface area contributed by atoms with Crippen LogP contribution in [0.1, 0.15) is 11.1 Å². The van der Waals surface area contributed by atoms with Crippen LogP contribution in [-0.2, 0) is 17.9 Å². The first-order chi connectivity index (χ1) is 13.7. The van der Waals surface area contributed by atoms with E-state index in [0.717, 1.165) is 45.0 Å². The van der Waals surface area contributed by atoms with E-state index in [0.29, 0.717) is 28.6 Å². The minimum atomic E-state index is -0.307. The molecule has 0 bridgehead atoms. The number of morpholine rings is 1. The summed E-state index contributed by atoms with van der Waals surface area (Å²) in [6.07, 6.45) is 0. The molecular formula is C21H26ClFN2O3. The molecule has 0 radical (unpaired) electrons. The van der Waals surface area contributed by atoms with Crippen molar-refractivity contribution in [2.75, 3.05) is 46.5 Å². The fraction of sp³-hybridized carbons (Fsp3) is 0.429. The van der Waals surface area contributed by atoms with Crippen LogP contribution in [-0.4, -0.2) is 51.4 Å². The summed E-state index contributed by atoms with van der Waals surface area (Å²) in [5.74, 6) is 0.650. The smallest absolute Gasteiger partial charge is 0.180 e. The molecule has 28 heavy (non-hydrogen) atoms. The average Bonchev–Trinajstić information content (AvgIpc) is 2.72. The summed E-state index contributed by atoms with van der Waals surface area (Å²) in [6.45, 7) is 6.20. The van der Waals surface area contributed by atoms with E-state index in [2.05, 4.69) is 10.2 Å². The second kappa shape index (κ2) is 10.6. The minimum Gasteiger partial charge on any atom is -0.493 e. The summed E-state index contributed by atoms with van der Waals surface area (Å²) in [5, 5.41) is 3.87. The predicted octanol–water partition coefficient (Wildman–Crippen LogP) is 3.49. The van der Waals surface area contributed by atoms with E-state index in [1.807, 2.05) is 12.1 Å². The lowest BCUT2D eigenvalue weighted by Gasteiger charge is -2.26. The standard InChI is InChI=1S/C21H26ClFN2O3/c1-26-20-13-16(14-24-6-7-25-8-10-27-11-9-25)12-18(22)21(20)28-15-17-4-2-3-5-19(17)23/h2-5,12-13,24H,6-11,14-15H2,1H3. The monoisotopic (exact) mass is 408 g/mol. The number of hydrogen-bond acceptors (Lipinski definition) is 5. The topological polar surface area (TPSA) is 43.0 Å². The molecular weight excluding hydrogens is 383 g/mol. The first-order valence-corrected chi connectivity index (χ1v) is 9.78. The second-order valence-corrected chi connectivity index (χ2v) is 7.03. The van der Waals surface area contributed by atoms with Crippen molar-refractivity contribution in [1.82, 2.24) is 10.2 Å². The van der Waals surface area contributed by atoms with Gasteiger partial charge in [-0.05, 0) is 23.8 Å². The third-order valence-electron chi connectivity index (χ3n) is 4.66. The Kier molecular flexibility index (Phi) is 7.91. The first-order valence-electron chi connectivity index (χ1n) is 9.41. The zero-order valence-corrected chi connectivity index (χ0v) is 16.8. The number of nitrogens with zero attached hydrogens (tertiary/aromatic N) is 1. The molecule has 0 atom stereocenters. The lowest BCUT2D eigenvalue weighted by molar-refractivity contribution is 0.0384. The fourth-order valence-corrected chi connectivity index (χ4v) is 3.36. The van der Waals surface area contributed by atoms with E-state index >= 15 is 0 Å². The minimum absolute atomic E-state index is 0.0832. The molecule has 1 fully saturated rings. The first kappa shape index (κ1) is 20.9. The lowest BCUT2D eigenvalue weighted by Crippen LogP contribution is -2.40. The fourth-order valence-electron chi connectivity index (χ4n) is 3.08. The molecule has 0 aromatic heterocycles. The molecule has 1 N–H and O–H groups in total. The van der Waals surface area contributed by atoms with Gasteiger partial charge in [-0.1, -0.05) is 29.8 Å². The quantitative estimate of drug-likeness (QED) is 0.643. The lowest BCUT2D eigenvalue weighted by atomic mass is 10.2. The second-order valence-electron chi connectivity index (χ2n) is 6.62. The average molecular weight is 409 g/mol. The molecule has 1 heterocycles. The number of hydrogen-bond donors (Lipinski definition) is 1. The Morgan fingerprint density at radius 3 is 2.75 bits per heavy atom. The maximum atomic E-state index is 13.8. The highest BCUT2D eigenvalue weighted by Gasteiger charge is 2.14. The van der Waals surface area contributed by atoms with Crippen LogP contribution in [0.25, 0.3) is 0 Å². The van der Waals surface area contributed by atoms with E-state index in [1.165, 1.54) is 6.07 Å². The SMILES string of the molecule is COc1cc(CNCCN2CCOCC2)cc(Cl)c1OCc1ccccc1F. The summed E-state index contributed by atoms with van der Waals surface area (Å²) >= 11 is 6.41. The summed E-state index contributed by atoms with van der Waals surface area (Å²) in [7, 11) is 1.57. The van der Waals surface area contributed by atoms with Crippen LogP contribution < -0.4 is 14.8 Å². The molecule has 1 saturated heterocycles. The van der Waals surface area contributed by atoms with Gasteiger partial charge < -0.3 is 19.5 Å². The van der Waals surface area contributed by atoms with E-state index in [-0.39, 0.29) is 12.4 Å². The number of halogens is 2. The number of methoxy groups -OCH3 is 1. The van der Waals surface area contributed by atoms with E-state index < -0.39 is 0 Å². The van der Waals surface area contributed by atoms with E-state index in [1.54, 1.807) is 25.3 Å². The van der Waals surface area contributed by atoms with Gasteiger partial charge in [-0.15, -0.1) is 0 Å². The van der Waals surface area contributed by atoms with Crippen molar-refractivity contribution >= 4 is 11.6 Å². The Hall–Kier alpha value is -1.86. The molecule has 152 valence electrons. The number of nitrogens with one attached hydrogen (secondary N) is 1.